The minimum Gasteiger partial charge on any atom is -0.324 e. The Morgan fingerprint density at radius 3 is 3.30 bits per heavy atom. The van der Waals surface area contributed by atoms with E-state index in [2.05, 4.69) is 15.5 Å². The molecule has 0 unspecified atom stereocenters. The van der Waals surface area contributed by atoms with E-state index in [0.29, 0.717) is 6.42 Å². The highest BCUT2D eigenvalue weighted by Gasteiger charge is 2.17. The topological polar surface area (TPSA) is 54.9 Å². The number of fused-ring (bicyclic) bond motifs is 1. The molecule has 0 saturated heterocycles. The maximum Gasteiger partial charge on any atom is 0.230 e. The first-order chi connectivity index (χ1) is 4.86. The van der Waals surface area contributed by atoms with Crippen LogP contribution < -0.4 is 5.32 Å². The molecule has 0 fully saturated rings. The Bertz CT molecular complexity index is 257. The zero-order valence-corrected chi connectivity index (χ0v) is 5.16. The van der Waals surface area contributed by atoms with Crippen LogP contribution in [-0.4, -0.2) is 16.1 Å². The van der Waals surface area contributed by atoms with Crippen LogP contribution in [0, 0.1) is 0 Å². The van der Waals surface area contributed by atoms with Gasteiger partial charge in [0.2, 0.25) is 5.91 Å². The standard InChI is InChI=1S/C6H5N3O/c10-6-3-5-4(8-6)1-2-7-9-5/h1-2H,3H2,(H,8,10). The lowest BCUT2D eigenvalue weighted by molar-refractivity contribution is -0.115. The first-order valence-corrected chi connectivity index (χ1v) is 2.97. The molecule has 0 bridgehead atoms. The van der Waals surface area contributed by atoms with Crippen LogP contribution in [0.2, 0.25) is 0 Å². The fourth-order valence-corrected chi connectivity index (χ4v) is 0.952. The van der Waals surface area contributed by atoms with Gasteiger partial charge >= 0.3 is 0 Å². The Labute approximate surface area is 57.3 Å². The molecule has 0 aliphatic carbocycles. The van der Waals surface area contributed by atoms with Crippen LogP contribution in [0.25, 0.3) is 0 Å². The van der Waals surface area contributed by atoms with Crippen LogP contribution in [-0.2, 0) is 11.2 Å². The van der Waals surface area contributed by atoms with E-state index in [9.17, 15) is 4.79 Å². The Morgan fingerprint density at radius 2 is 2.50 bits per heavy atom. The van der Waals surface area contributed by atoms with E-state index in [0.717, 1.165) is 11.4 Å². The van der Waals surface area contributed by atoms with Gasteiger partial charge in [0.15, 0.2) is 0 Å². The second kappa shape index (κ2) is 1.76. The summed E-state index contributed by atoms with van der Waals surface area (Å²) in [4.78, 5) is 10.7. The molecule has 0 saturated carbocycles. The van der Waals surface area contributed by atoms with Crippen molar-refractivity contribution in [3.8, 4) is 0 Å². The predicted molar refractivity (Wildman–Crippen MR) is 34.4 cm³/mol. The summed E-state index contributed by atoms with van der Waals surface area (Å²) in [5.41, 5.74) is 1.53. The zero-order valence-electron chi connectivity index (χ0n) is 5.16. The third-order valence-electron chi connectivity index (χ3n) is 1.40. The molecule has 4 nitrogen and oxygen atoms in total. The van der Waals surface area contributed by atoms with E-state index in [1.807, 2.05) is 0 Å². The van der Waals surface area contributed by atoms with Crippen LogP contribution >= 0.6 is 0 Å². The van der Waals surface area contributed by atoms with Gasteiger partial charge in [0.05, 0.1) is 24.0 Å². The van der Waals surface area contributed by atoms with Crippen LogP contribution in [0.5, 0.6) is 0 Å². The quantitative estimate of drug-likeness (QED) is 0.543. The van der Waals surface area contributed by atoms with E-state index in [1.54, 1.807) is 12.3 Å². The first kappa shape index (κ1) is 5.34. The summed E-state index contributed by atoms with van der Waals surface area (Å²) < 4.78 is 0. The van der Waals surface area contributed by atoms with Gasteiger partial charge in [-0.2, -0.15) is 10.2 Å². The summed E-state index contributed by atoms with van der Waals surface area (Å²) >= 11 is 0. The van der Waals surface area contributed by atoms with Crippen molar-refractivity contribution in [2.45, 2.75) is 6.42 Å². The summed E-state index contributed by atoms with van der Waals surface area (Å²) in [5.74, 6) is -0.00417. The van der Waals surface area contributed by atoms with Crippen LogP contribution in [0.4, 0.5) is 5.69 Å². The molecule has 1 aliphatic rings. The molecule has 2 rings (SSSR count). The van der Waals surface area contributed by atoms with E-state index in [1.165, 1.54) is 0 Å². The van der Waals surface area contributed by atoms with Gasteiger partial charge in [-0.3, -0.25) is 4.79 Å². The van der Waals surface area contributed by atoms with Crippen molar-refractivity contribution in [1.29, 1.82) is 0 Å². The lowest BCUT2D eigenvalue weighted by Crippen LogP contribution is -2.03. The van der Waals surface area contributed by atoms with E-state index in [-0.39, 0.29) is 5.91 Å². The van der Waals surface area contributed by atoms with Crippen molar-refractivity contribution >= 4 is 11.6 Å². The monoisotopic (exact) mass is 135 g/mol. The van der Waals surface area contributed by atoms with E-state index in [4.69, 9.17) is 0 Å². The van der Waals surface area contributed by atoms with Gasteiger partial charge in [0.1, 0.15) is 0 Å². The lowest BCUT2D eigenvalue weighted by atomic mass is 10.3. The van der Waals surface area contributed by atoms with Gasteiger partial charge in [-0.15, -0.1) is 0 Å². The van der Waals surface area contributed by atoms with E-state index >= 15 is 0 Å². The van der Waals surface area contributed by atoms with Crippen molar-refractivity contribution in [2.24, 2.45) is 0 Å². The normalized spacial score (nSPS) is 14.6. The van der Waals surface area contributed by atoms with Gasteiger partial charge in [0.25, 0.3) is 0 Å². The molecular formula is C6H5N3O. The third-order valence-corrected chi connectivity index (χ3v) is 1.40. The maximum atomic E-state index is 10.7. The van der Waals surface area contributed by atoms with Crippen molar-refractivity contribution in [2.75, 3.05) is 5.32 Å². The molecule has 4 heteroatoms. The highest BCUT2D eigenvalue weighted by molar-refractivity contribution is 5.98. The number of rotatable bonds is 0. The van der Waals surface area contributed by atoms with Crippen molar-refractivity contribution in [3.63, 3.8) is 0 Å². The van der Waals surface area contributed by atoms with Gasteiger partial charge in [-0.25, -0.2) is 0 Å². The van der Waals surface area contributed by atoms with Gasteiger partial charge in [0, 0.05) is 0 Å². The first-order valence-electron chi connectivity index (χ1n) is 2.97. The predicted octanol–water partition coefficient (Wildman–Crippen LogP) is -0.0288. The smallest absolute Gasteiger partial charge is 0.230 e. The number of carbonyl (C=O) groups is 1. The SMILES string of the molecule is O=C1Cc2nnccc2N1. The Hall–Kier alpha value is -1.45. The molecule has 50 valence electrons. The van der Waals surface area contributed by atoms with E-state index < -0.39 is 0 Å². The second-order valence-corrected chi connectivity index (χ2v) is 2.12. The average molecular weight is 135 g/mol. The summed E-state index contributed by atoms with van der Waals surface area (Å²) in [6, 6.07) is 1.74. The summed E-state index contributed by atoms with van der Waals surface area (Å²) in [5, 5.41) is 10.1. The molecule has 0 radical (unpaired) electrons. The summed E-state index contributed by atoms with van der Waals surface area (Å²) in [6.07, 6.45) is 1.92. The third kappa shape index (κ3) is 0.655. The molecule has 1 aromatic heterocycles. The number of anilines is 1. The Kier molecular flexibility index (Phi) is 0.943. The molecule has 0 spiro atoms. The molecule has 0 aromatic carbocycles. The van der Waals surface area contributed by atoms with Crippen molar-refractivity contribution in [3.05, 3.63) is 18.0 Å². The fourth-order valence-electron chi connectivity index (χ4n) is 0.952. The molecule has 1 N–H and O–H groups in total. The Morgan fingerprint density at radius 1 is 1.60 bits per heavy atom. The lowest BCUT2D eigenvalue weighted by Gasteiger charge is -1.91. The minimum absolute atomic E-state index is 0.00417. The number of hydrogen-bond donors (Lipinski definition) is 1. The number of carbonyl (C=O) groups excluding carboxylic acids is 1. The molecule has 1 aliphatic heterocycles. The largest absolute Gasteiger partial charge is 0.324 e. The number of amides is 1. The number of hydrogen-bond acceptors (Lipinski definition) is 3. The van der Waals surface area contributed by atoms with Gasteiger partial charge in [-0.05, 0) is 6.07 Å². The molecule has 10 heavy (non-hydrogen) atoms. The van der Waals surface area contributed by atoms with Crippen molar-refractivity contribution in [1.82, 2.24) is 10.2 Å². The van der Waals surface area contributed by atoms with Gasteiger partial charge < -0.3 is 5.32 Å². The fraction of sp³-hybridized carbons (Fsp3) is 0.167. The van der Waals surface area contributed by atoms with Crippen LogP contribution in [0.3, 0.4) is 0 Å². The summed E-state index contributed by atoms with van der Waals surface area (Å²) in [6.45, 7) is 0. The molecule has 1 amide bonds. The number of nitrogens with zero attached hydrogens (tertiary/aromatic N) is 2. The van der Waals surface area contributed by atoms with Crippen LogP contribution in [0.15, 0.2) is 12.3 Å². The highest BCUT2D eigenvalue weighted by Crippen LogP contribution is 2.17. The highest BCUT2D eigenvalue weighted by atomic mass is 16.1. The minimum atomic E-state index is -0.00417. The molecule has 1 aromatic rings. The molecule has 2 heterocycles. The summed E-state index contributed by atoms with van der Waals surface area (Å²) in [7, 11) is 0. The number of nitrogens with one attached hydrogen (secondary N) is 1. The zero-order chi connectivity index (χ0) is 6.97. The Balaban J connectivity index is 2.51. The molecule has 0 atom stereocenters. The van der Waals surface area contributed by atoms with Gasteiger partial charge in [-0.1, -0.05) is 0 Å². The average Bonchev–Trinajstić information content (AvgIpc) is 2.27. The molecular weight excluding hydrogens is 130 g/mol. The second-order valence-electron chi connectivity index (χ2n) is 2.12. The number of aromatic nitrogens is 2. The maximum absolute atomic E-state index is 10.7. The van der Waals surface area contributed by atoms with Crippen molar-refractivity contribution < 1.29 is 4.79 Å². The van der Waals surface area contributed by atoms with Crippen LogP contribution in [0.1, 0.15) is 5.69 Å².